The van der Waals surface area contributed by atoms with Crippen molar-refractivity contribution in [2.75, 3.05) is 7.11 Å². The normalized spacial score (nSPS) is 11.4. The molecule has 4 aromatic carbocycles. The zero-order valence-corrected chi connectivity index (χ0v) is 17.1. The standard InChI is InChI=1S/C27H21NO3/c1-31-27(30)25(18-20-11-14-22-7-3-5-9-24(22)17-20)28-26(29)15-12-19-10-13-21-6-2-4-8-23(21)16-19/h2-11,13-14,16-17,25H,18H2,1H3,(H,28,29). The summed E-state index contributed by atoms with van der Waals surface area (Å²) in [5, 5.41) is 7.04. The minimum absolute atomic E-state index is 0.320. The maximum Gasteiger partial charge on any atom is 0.328 e. The molecule has 0 heterocycles. The molecule has 0 aromatic heterocycles. The third-order valence-corrected chi connectivity index (χ3v) is 5.11. The van der Waals surface area contributed by atoms with Gasteiger partial charge in [0.1, 0.15) is 6.04 Å². The molecule has 1 unspecified atom stereocenters. The summed E-state index contributed by atoms with van der Waals surface area (Å²) in [6, 6.07) is 26.9. The maximum atomic E-state index is 12.4. The van der Waals surface area contributed by atoms with E-state index >= 15 is 0 Å². The summed E-state index contributed by atoms with van der Waals surface area (Å²) in [5.74, 6) is 4.42. The number of carbonyl (C=O) groups excluding carboxylic acids is 2. The molecule has 1 N–H and O–H groups in total. The quantitative estimate of drug-likeness (QED) is 0.407. The van der Waals surface area contributed by atoms with Crippen LogP contribution in [0.15, 0.2) is 84.9 Å². The SMILES string of the molecule is COC(=O)C(Cc1ccc2ccccc2c1)NC(=O)C#Cc1ccc2ccccc2c1. The fraction of sp³-hybridized carbons (Fsp3) is 0.111. The number of esters is 1. The second kappa shape index (κ2) is 9.15. The summed E-state index contributed by atoms with van der Waals surface area (Å²) in [7, 11) is 1.31. The summed E-state index contributed by atoms with van der Waals surface area (Å²) < 4.78 is 4.88. The Hall–Kier alpha value is -4.10. The van der Waals surface area contributed by atoms with E-state index < -0.39 is 17.9 Å². The van der Waals surface area contributed by atoms with Gasteiger partial charge in [0.05, 0.1) is 7.11 Å². The van der Waals surface area contributed by atoms with Crippen molar-refractivity contribution in [1.29, 1.82) is 0 Å². The van der Waals surface area contributed by atoms with Gasteiger partial charge in [-0.1, -0.05) is 78.7 Å². The van der Waals surface area contributed by atoms with Gasteiger partial charge in [-0.2, -0.15) is 0 Å². The van der Waals surface area contributed by atoms with Crippen LogP contribution in [0.5, 0.6) is 0 Å². The van der Waals surface area contributed by atoms with E-state index in [9.17, 15) is 9.59 Å². The molecule has 0 aliphatic heterocycles. The van der Waals surface area contributed by atoms with E-state index in [0.29, 0.717) is 6.42 Å². The lowest BCUT2D eigenvalue weighted by atomic mass is 10.0. The lowest BCUT2D eigenvalue weighted by Gasteiger charge is -2.15. The predicted molar refractivity (Wildman–Crippen MR) is 122 cm³/mol. The van der Waals surface area contributed by atoms with Gasteiger partial charge >= 0.3 is 5.97 Å². The largest absolute Gasteiger partial charge is 0.467 e. The molecule has 4 nitrogen and oxygen atoms in total. The Labute approximate surface area is 180 Å². The third-order valence-electron chi connectivity index (χ3n) is 5.11. The summed E-state index contributed by atoms with van der Waals surface area (Å²) >= 11 is 0. The molecule has 0 spiro atoms. The van der Waals surface area contributed by atoms with Gasteiger partial charge in [0.2, 0.25) is 0 Å². The van der Waals surface area contributed by atoms with Gasteiger partial charge in [0, 0.05) is 17.9 Å². The van der Waals surface area contributed by atoms with Gasteiger partial charge in [0.25, 0.3) is 5.91 Å². The average Bonchev–Trinajstić information content (AvgIpc) is 2.81. The van der Waals surface area contributed by atoms with Crippen LogP contribution in [-0.4, -0.2) is 25.0 Å². The van der Waals surface area contributed by atoms with E-state index in [2.05, 4.69) is 17.2 Å². The van der Waals surface area contributed by atoms with Crippen molar-refractivity contribution in [3.8, 4) is 11.8 Å². The zero-order valence-electron chi connectivity index (χ0n) is 17.1. The minimum Gasteiger partial charge on any atom is -0.467 e. The first kappa shape index (κ1) is 20.2. The van der Waals surface area contributed by atoms with Crippen molar-refractivity contribution >= 4 is 33.4 Å². The van der Waals surface area contributed by atoms with Crippen molar-refractivity contribution in [3.05, 3.63) is 96.1 Å². The molecule has 0 saturated heterocycles. The highest BCUT2D eigenvalue weighted by atomic mass is 16.5. The highest BCUT2D eigenvalue weighted by Gasteiger charge is 2.21. The van der Waals surface area contributed by atoms with E-state index in [4.69, 9.17) is 4.74 Å². The zero-order chi connectivity index (χ0) is 21.6. The van der Waals surface area contributed by atoms with Crippen LogP contribution in [0.25, 0.3) is 21.5 Å². The smallest absolute Gasteiger partial charge is 0.328 e. The molecule has 0 aliphatic carbocycles. The van der Waals surface area contributed by atoms with Gasteiger partial charge in [-0.3, -0.25) is 4.79 Å². The first-order chi connectivity index (χ1) is 15.1. The highest BCUT2D eigenvalue weighted by molar-refractivity contribution is 5.97. The van der Waals surface area contributed by atoms with Crippen LogP contribution in [0, 0.1) is 11.8 Å². The van der Waals surface area contributed by atoms with Gasteiger partial charge in [-0.05, 0) is 39.2 Å². The van der Waals surface area contributed by atoms with Crippen LogP contribution < -0.4 is 5.32 Å². The number of hydrogen-bond acceptors (Lipinski definition) is 3. The summed E-state index contributed by atoms with van der Waals surface area (Å²) in [6.07, 6.45) is 0.320. The lowest BCUT2D eigenvalue weighted by Crippen LogP contribution is -2.42. The lowest BCUT2D eigenvalue weighted by molar-refractivity contribution is -0.144. The molecule has 0 radical (unpaired) electrons. The molecule has 4 rings (SSSR count). The van der Waals surface area contributed by atoms with E-state index in [1.807, 2.05) is 84.9 Å². The van der Waals surface area contributed by atoms with E-state index in [1.165, 1.54) is 7.11 Å². The topological polar surface area (TPSA) is 55.4 Å². The molecule has 4 aromatic rings. The first-order valence-corrected chi connectivity index (χ1v) is 9.99. The van der Waals surface area contributed by atoms with Crippen LogP contribution >= 0.6 is 0 Å². The molecule has 152 valence electrons. The third kappa shape index (κ3) is 4.91. The van der Waals surface area contributed by atoms with Gasteiger partial charge < -0.3 is 10.1 Å². The number of methoxy groups -OCH3 is 1. The highest BCUT2D eigenvalue weighted by Crippen LogP contribution is 2.17. The molecule has 0 saturated carbocycles. The summed E-state index contributed by atoms with van der Waals surface area (Å²) in [6.45, 7) is 0. The molecule has 0 fully saturated rings. The van der Waals surface area contributed by atoms with Crippen LogP contribution in [0.4, 0.5) is 0 Å². The predicted octanol–water partition coefficient (Wildman–Crippen LogP) is 4.25. The monoisotopic (exact) mass is 407 g/mol. The van der Waals surface area contributed by atoms with Gasteiger partial charge in [0.15, 0.2) is 0 Å². The Bertz CT molecular complexity index is 1330. The van der Waals surface area contributed by atoms with Crippen molar-refractivity contribution in [1.82, 2.24) is 5.32 Å². The molecule has 31 heavy (non-hydrogen) atoms. The average molecular weight is 407 g/mol. The van der Waals surface area contributed by atoms with Crippen molar-refractivity contribution < 1.29 is 14.3 Å². The molecule has 1 atom stereocenters. The number of carbonyl (C=O) groups is 2. The summed E-state index contributed by atoms with van der Waals surface area (Å²) in [5.41, 5.74) is 1.66. The fourth-order valence-corrected chi connectivity index (χ4v) is 3.53. The van der Waals surface area contributed by atoms with Crippen LogP contribution in [0.2, 0.25) is 0 Å². The Morgan fingerprint density at radius 1 is 0.839 bits per heavy atom. The number of hydrogen-bond donors (Lipinski definition) is 1. The van der Waals surface area contributed by atoms with Crippen molar-refractivity contribution in [3.63, 3.8) is 0 Å². The Kier molecular flexibility index (Phi) is 5.96. The molecular formula is C27H21NO3. The Balaban J connectivity index is 1.49. The number of ether oxygens (including phenoxy) is 1. The first-order valence-electron chi connectivity index (χ1n) is 9.99. The number of amides is 1. The van der Waals surface area contributed by atoms with Crippen molar-refractivity contribution in [2.45, 2.75) is 12.5 Å². The van der Waals surface area contributed by atoms with Crippen LogP contribution in [-0.2, 0) is 20.7 Å². The van der Waals surface area contributed by atoms with E-state index in [1.54, 1.807) is 0 Å². The summed E-state index contributed by atoms with van der Waals surface area (Å²) in [4.78, 5) is 24.7. The van der Waals surface area contributed by atoms with E-state index in [-0.39, 0.29) is 0 Å². The molecule has 0 aliphatic rings. The number of nitrogens with one attached hydrogen (secondary N) is 1. The molecule has 1 amide bonds. The number of benzene rings is 4. The minimum atomic E-state index is -0.815. The van der Waals surface area contributed by atoms with Crippen LogP contribution in [0.3, 0.4) is 0 Å². The number of fused-ring (bicyclic) bond motifs is 2. The second-order valence-corrected chi connectivity index (χ2v) is 7.25. The Morgan fingerprint density at radius 3 is 2.13 bits per heavy atom. The Morgan fingerprint density at radius 2 is 1.45 bits per heavy atom. The molecule has 0 bridgehead atoms. The molecule has 4 heteroatoms. The van der Waals surface area contributed by atoms with Crippen molar-refractivity contribution in [2.24, 2.45) is 0 Å². The number of rotatable bonds is 4. The molecular weight excluding hydrogens is 386 g/mol. The fourth-order valence-electron chi connectivity index (χ4n) is 3.53. The maximum absolute atomic E-state index is 12.4. The van der Waals surface area contributed by atoms with Gasteiger partial charge in [-0.15, -0.1) is 0 Å². The van der Waals surface area contributed by atoms with E-state index in [0.717, 1.165) is 32.7 Å². The van der Waals surface area contributed by atoms with Crippen LogP contribution in [0.1, 0.15) is 11.1 Å². The second-order valence-electron chi connectivity index (χ2n) is 7.25. The van der Waals surface area contributed by atoms with Gasteiger partial charge in [-0.25, -0.2) is 4.79 Å².